The molecule has 0 saturated carbocycles. The second-order valence-corrected chi connectivity index (χ2v) is 6.70. The molecular weight excluding hydrogens is 338 g/mol. The molecule has 0 radical (unpaired) electrons. The van der Waals surface area contributed by atoms with Gasteiger partial charge in [-0.05, 0) is 38.5 Å². The van der Waals surface area contributed by atoms with Crippen molar-refractivity contribution >= 4 is 16.8 Å². The predicted octanol–water partition coefficient (Wildman–Crippen LogP) is 3.86. The van der Waals surface area contributed by atoms with Gasteiger partial charge in [-0.2, -0.15) is 10.2 Å². The van der Waals surface area contributed by atoms with E-state index in [1.165, 1.54) is 0 Å². The molecule has 0 saturated heterocycles. The Bertz CT molecular complexity index is 1120. The number of nitrogens with one attached hydrogen (secondary N) is 2. The molecule has 2 N–H and O–H groups in total. The highest BCUT2D eigenvalue weighted by Crippen LogP contribution is 2.23. The van der Waals surface area contributed by atoms with Crippen LogP contribution in [-0.2, 0) is 0 Å². The van der Waals surface area contributed by atoms with E-state index in [1.807, 2.05) is 67.2 Å². The maximum absolute atomic E-state index is 12.7. The minimum atomic E-state index is -0.206. The van der Waals surface area contributed by atoms with Crippen LogP contribution in [0.15, 0.2) is 54.7 Å². The van der Waals surface area contributed by atoms with E-state index < -0.39 is 0 Å². The minimum absolute atomic E-state index is 0.189. The first-order valence-corrected chi connectivity index (χ1v) is 8.90. The number of carbonyl (C=O) groups excluding carboxylic acids is 1. The molecule has 6 nitrogen and oxygen atoms in total. The van der Waals surface area contributed by atoms with Gasteiger partial charge in [-0.1, -0.05) is 36.4 Å². The summed E-state index contributed by atoms with van der Waals surface area (Å²) in [7, 11) is 0. The number of aromatic nitrogens is 4. The third kappa shape index (κ3) is 2.99. The number of fused-ring (bicyclic) bond motifs is 1. The zero-order valence-corrected chi connectivity index (χ0v) is 15.5. The summed E-state index contributed by atoms with van der Waals surface area (Å²) in [5.74, 6) is -0.206. The normalized spacial score (nSPS) is 12.3. The van der Waals surface area contributed by atoms with Gasteiger partial charge in [0, 0.05) is 16.6 Å². The van der Waals surface area contributed by atoms with Crippen molar-refractivity contribution in [3.8, 4) is 5.69 Å². The van der Waals surface area contributed by atoms with Gasteiger partial charge in [-0.3, -0.25) is 9.89 Å². The van der Waals surface area contributed by atoms with Crippen molar-refractivity contribution in [1.29, 1.82) is 0 Å². The van der Waals surface area contributed by atoms with Crippen molar-refractivity contribution in [2.24, 2.45) is 0 Å². The molecule has 1 unspecified atom stereocenters. The third-order valence-corrected chi connectivity index (χ3v) is 4.89. The van der Waals surface area contributed by atoms with Crippen molar-refractivity contribution < 1.29 is 4.79 Å². The summed E-state index contributed by atoms with van der Waals surface area (Å²) in [6.07, 6.45) is 1.81. The van der Waals surface area contributed by atoms with Gasteiger partial charge in [0.25, 0.3) is 5.91 Å². The summed E-state index contributed by atoms with van der Waals surface area (Å²) in [4.78, 5) is 12.7. The number of nitrogens with zero attached hydrogens (tertiary/aromatic N) is 3. The van der Waals surface area contributed by atoms with Crippen LogP contribution in [0.2, 0.25) is 0 Å². The lowest BCUT2D eigenvalue weighted by atomic mass is 10.1. The van der Waals surface area contributed by atoms with Gasteiger partial charge in [-0.15, -0.1) is 0 Å². The van der Waals surface area contributed by atoms with Crippen LogP contribution in [0, 0.1) is 13.8 Å². The summed E-state index contributed by atoms with van der Waals surface area (Å²) < 4.78 is 1.91. The summed E-state index contributed by atoms with van der Waals surface area (Å²) in [6.45, 7) is 6.03. The SMILES string of the molecule is Cc1ccccc1-n1ncc(C(C)NC(=O)c2n[nH]c3ccccc23)c1C. The largest absolute Gasteiger partial charge is 0.344 e. The highest BCUT2D eigenvalue weighted by atomic mass is 16.2. The zero-order valence-electron chi connectivity index (χ0n) is 15.5. The Kier molecular flexibility index (Phi) is 4.24. The topological polar surface area (TPSA) is 75.6 Å². The fourth-order valence-corrected chi connectivity index (χ4v) is 3.37. The molecule has 0 bridgehead atoms. The molecule has 0 aliphatic carbocycles. The van der Waals surface area contributed by atoms with Gasteiger partial charge in [0.15, 0.2) is 5.69 Å². The standard InChI is InChI=1S/C21H21N5O/c1-13-8-4-7-11-19(13)26-15(3)17(12-22-26)14(2)23-21(27)20-16-9-5-6-10-18(16)24-25-20/h4-12,14H,1-3H3,(H,23,27)(H,24,25). The Hall–Kier alpha value is -3.41. The van der Waals surface area contributed by atoms with Gasteiger partial charge >= 0.3 is 0 Å². The maximum atomic E-state index is 12.7. The predicted molar refractivity (Wildman–Crippen MR) is 105 cm³/mol. The molecular formula is C21H21N5O. The smallest absolute Gasteiger partial charge is 0.272 e. The molecule has 27 heavy (non-hydrogen) atoms. The number of carbonyl (C=O) groups is 1. The summed E-state index contributed by atoms with van der Waals surface area (Å²) >= 11 is 0. The van der Waals surface area contributed by atoms with E-state index in [9.17, 15) is 4.79 Å². The lowest BCUT2D eigenvalue weighted by molar-refractivity contribution is 0.0936. The third-order valence-electron chi connectivity index (χ3n) is 4.89. The Labute approximate surface area is 157 Å². The molecule has 2 aromatic heterocycles. The highest BCUT2D eigenvalue weighted by Gasteiger charge is 2.20. The number of rotatable bonds is 4. The van der Waals surface area contributed by atoms with Crippen molar-refractivity contribution in [1.82, 2.24) is 25.3 Å². The van der Waals surface area contributed by atoms with Crippen LogP contribution in [0.3, 0.4) is 0 Å². The first-order chi connectivity index (χ1) is 13.1. The lowest BCUT2D eigenvalue weighted by Crippen LogP contribution is -2.27. The summed E-state index contributed by atoms with van der Waals surface area (Å²) in [5.41, 5.74) is 5.42. The second-order valence-electron chi connectivity index (χ2n) is 6.70. The Morgan fingerprint density at radius 3 is 2.67 bits per heavy atom. The molecule has 4 aromatic rings. The molecule has 6 heteroatoms. The van der Waals surface area contributed by atoms with Crippen LogP contribution < -0.4 is 5.32 Å². The zero-order chi connectivity index (χ0) is 19.0. The number of hydrogen-bond donors (Lipinski definition) is 2. The number of H-pyrrole nitrogens is 1. The lowest BCUT2D eigenvalue weighted by Gasteiger charge is -2.14. The average molecular weight is 359 g/mol. The highest BCUT2D eigenvalue weighted by molar-refractivity contribution is 6.04. The van der Waals surface area contributed by atoms with Crippen molar-refractivity contribution in [2.75, 3.05) is 0 Å². The number of aromatic amines is 1. The van der Waals surface area contributed by atoms with E-state index >= 15 is 0 Å². The van der Waals surface area contributed by atoms with Crippen LogP contribution in [0.5, 0.6) is 0 Å². The van der Waals surface area contributed by atoms with Crippen molar-refractivity contribution in [3.05, 3.63) is 77.2 Å². The molecule has 2 aromatic carbocycles. The van der Waals surface area contributed by atoms with Gasteiger partial charge in [-0.25, -0.2) is 4.68 Å². The Morgan fingerprint density at radius 2 is 1.85 bits per heavy atom. The molecule has 1 amide bonds. The second kappa shape index (κ2) is 6.72. The van der Waals surface area contributed by atoms with Gasteiger partial charge in [0.05, 0.1) is 23.4 Å². The monoisotopic (exact) mass is 359 g/mol. The summed E-state index contributed by atoms with van der Waals surface area (Å²) in [5, 5.41) is 15.5. The molecule has 2 heterocycles. The quantitative estimate of drug-likeness (QED) is 0.581. The summed E-state index contributed by atoms with van der Waals surface area (Å²) in [6, 6.07) is 15.5. The number of aryl methyl sites for hydroxylation is 1. The number of hydrogen-bond acceptors (Lipinski definition) is 3. The van der Waals surface area contributed by atoms with E-state index in [0.717, 1.165) is 33.4 Å². The number of benzene rings is 2. The van der Waals surface area contributed by atoms with Crippen LogP contribution in [0.1, 0.15) is 40.3 Å². The fourth-order valence-electron chi connectivity index (χ4n) is 3.37. The van der Waals surface area contributed by atoms with E-state index in [4.69, 9.17) is 0 Å². The van der Waals surface area contributed by atoms with Crippen LogP contribution in [0.25, 0.3) is 16.6 Å². The molecule has 4 rings (SSSR count). The first kappa shape index (κ1) is 17.0. The van der Waals surface area contributed by atoms with Gasteiger partial charge < -0.3 is 5.32 Å². The molecule has 0 aliphatic rings. The van der Waals surface area contributed by atoms with Gasteiger partial charge in [0.1, 0.15) is 0 Å². The fraction of sp³-hybridized carbons (Fsp3) is 0.190. The minimum Gasteiger partial charge on any atom is -0.344 e. The molecule has 136 valence electrons. The van der Waals surface area contributed by atoms with Gasteiger partial charge in [0.2, 0.25) is 0 Å². The van der Waals surface area contributed by atoms with Crippen LogP contribution in [0.4, 0.5) is 0 Å². The number of amides is 1. The van der Waals surface area contributed by atoms with E-state index in [2.05, 4.69) is 33.6 Å². The van der Waals surface area contributed by atoms with Crippen molar-refractivity contribution in [3.63, 3.8) is 0 Å². The van der Waals surface area contributed by atoms with E-state index in [1.54, 1.807) is 0 Å². The molecule has 0 spiro atoms. The maximum Gasteiger partial charge on any atom is 0.272 e. The first-order valence-electron chi connectivity index (χ1n) is 8.90. The molecule has 0 aliphatic heterocycles. The Balaban J connectivity index is 1.60. The Morgan fingerprint density at radius 1 is 1.11 bits per heavy atom. The van der Waals surface area contributed by atoms with E-state index in [0.29, 0.717) is 5.69 Å². The van der Waals surface area contributed by atoms with Crippen LogP contribution in [-0.4, -0.2) is 25.9 Å². The molecule has 0 fully saturated rings. The van der Waals surface area contributed by atoms with Crippen LogP contribution >= 0.6 is 0 Å². The number of para-hydroxylation sites is 2. The van der Waals surface area contributed by atoms with E-state index in [-0.39, 0.29) is 11.9 Å². The molecule has 1 atom stereocenters. The van der Waals surface area contributed by atoms with Crippen molar-refractivity contribution in [2.45, 2.75) is 26.8 Å². The average Bonchev–Trinajstić information content (AvgIpc) is 3.26.